The van der Waals surface area contributed by atoms with E-state index in [-0.39, 0.29) is 10.7 Å². The number of methoxy groups -OCH3 is 1. The highest BCUT2D eigenvalue weighted by Crippen LogP contribution is 2.39. The first-order valence-electron chi connectivity index (χ1n) is 6.51. The molecule has 0 aromatic heterocycles. The lowest BCUT2D eigenvalue weighted by Gasteiger charge is -2.21. The number of rotatable bonds is 6. The standard InChI is InChI=1S/C14H17ClF3NO2/c1-3-4-8-11(13(20)21-2)19-12-9(14(16,17)18)6-5-7-10(12)15/h5-7,11,19H,3-4,8H2,1-2H3. The van der Waals surface area contributed by atoms with E-state index in [1.807, 2.05) is 6.92 Å². The van der Waals surface area contributed by atoms with Gasteiger partial charge in [-0.15, -0.1) is 0 Å². The Bertz CT molecular complexity index is 492. The number of unbranched alkanes of at least 4 members (excludes halogenated alkanes) is 1. The molecule has 0 heterocycles. The number of nitrogens with one attached hydrogen (secondary N) is 1. The number of halogens is 4. The van der Waals surface area contributed by atoms with Gasteiger partial charge in [-0.25, -0.2) is 4.79 Å². The number of anilines is 1. The van der Waals surface area contributed by atoms with E-state index in [1.165, 1.54) is 19.2 Å². The number of carbonyl (C=O) groups excluding carboxylic acids is 1. The van der Waals surface area contributed by atoms with Crippen molar-refractivity contribution in [3.63, 3.8) is 0 Å². The summed E-state index contributed by atoms with van der Waals surface area (Å²) in [4.78, 5) is 11.7. The van der Waals surface area contributed by atoms with Crippen molar-refractivity contribution >= 4 is 23.3 Å². The van der Waals surface area contributed by atoms with Crippen molar-refractivity contribution in [3.8, 4) is 0 Å². The fourth-order valence-electron chi connectivity index (χ4n) is 1.88. The molecule has 3 nitrogen and oxygen atoms in total. The first kappa shape index (κ1) is 17.6. The molecule has 0 radical (unpaired) electrons. The topological polar surface area (TPSA) is 38.3 Å². The quantitative estimate of drug-likeness (QED) is 0.783. The van der Waals surface area contributed by atoms with Crippen LogP contribution in [0.5, 0.6) is 0 Å². The second kappa shape index (κ2) is 7.54. The van der Waals surface area contributed by atoms with Gasteiger partial charge in [-0.1, -0.05) is 37.4 Å². The van der Waals surface area contributed by atoms with Gasteiger partial charge in [0.05, 0.1) is 23.4 Å². The van der Waals surface area contributed by atoms with Crippen LogP contribution in [0.2, 0.25) is 5.02 Å². The van der Waals surface area contributed by atoms with Gasteiger partial charge >= 0.3 is 12.1 Å². The Balaban J connectivity index is 3.10. The summed E-state index contributed by atoms with van der Waals surface area (Å²) in [6.07, 6.45) is -2.70. The number of esters is 1. The fourth-order valence-corrected chi connectivity index (χ4v) is 2.11. The van der Waals surface area contributed by atoms with Crippen LogP contribution in [0.1, 0.15) is 31.7 Å². The number of ether oxygens (including phenoxy) is 1. The Morgan fingerprint density at radius 3 is 2.62 bits per heavy atom. The third-order valence-electron chi connectivity index (χ3n) is 2.97. The molecule has 7 heteroatoms. The van der Waals surface area contributed by atoms with E-state index in [1.54, 1.807) is 0 Å². The van der Waals surface area contributed by atoms with Crippen LogP contribution < -0.4 is 5.32 Å². The summed E-state index contributed by atoms with van der Waals surface area (Å²) in [7, 11) is 1.19. The Hall–Kier alpha value is -1.43. The van der Waals surface area contributed by atoms with E-state index >= 15 is 0 Å². The summed E-state index contributed by atoms with van der Waals surface area (Å²) in [6, 6.07) is 2.61. The Morgan fingerprint density at radius 2 is 2.10 bits per heavy atom. The number of alkyl halides is 3. The average Bonchev–Trinajstić information content (AvgIpc) is 2.42. The maximum Gasteiger partial charge on any atom is 0.418 e. The molecule has 0 bridgehead atoms. The number of carbonyl (C=O) groups is 1. The molecular weight excluding hydrogens is 307 g/mol. The van der Waals surface area contributed by atoms with E-state index in [0.29, 0.717) is 12.8 Å². The molecule has 1 N–H and O–H groups in total. The molecule has 0 saturated carbocycles. The highest BCUT2D eigenvalue weighted by molar-refractivity contribution is 6.33. The molecule has 0 aliphatic rings. The molecule has 1 aromatic rings. The minimum absolute atomic E-state index is 0.0878. The van der Waals surface area contributed by atoms with Crippen LogP contribution in [0.3, 0.4) is 0 Å². The van der Waals surface area contributed by atoms with Crippen LogP contribution in [0.25, 0.3) is 0 Å². The Labute approximate surface area is 126 Å². The van der Waals surface area contributed by atoms with Gasteiger partial charge in [0, 0.05) is 0 Å². The second-order valence-corrected chi connectivity index (χ2v) is 4.93. The van der Waals surface area contributed by atoms with Gasteiger partial charge in [-0.05, 0) is 18.6 Å². The van der Waals surface area contributed by atoms with Crippen LogP contribution in [-0.2, 0) is 15.7 Å². The Kier molecular flexibility index (Phi) is 6.33. The van der Waals surface area contributed by atoms with E-state index in [2.05, 4.69) is 10.1 Å². The molecule has 0 amide bonds. The smallest absolute Gasteiger partial charge is 0.418 e. The summed E-state index contributed by atoms with van der Waals surface area (Å²) in [5.41, 5.74) is -1.20. The molecular formula is C14H17ClF3NO2. The van der Waals surface area contributed by atoms with Crippen molar-refractivity contribution in [2.45, 2.75) is 38.4 Å². The van der Waals surface area contributed by atoms with Gasteiger partial charge < -0.3 is 10.1 Å². The number of hydrogen-bond donors (Lipinski definition) is 1. The van der Waals surface area contributed by atoms with Gasteiger partial charge in [0.1, 0.15) is 6.04 Å². The van der Waals surface area contributed by atoms with E-state index in [4.69, 9.17) is 11.6 Å². The predicted molar refractivity (Wildman–Crippen MR) is 75.4 cm³/mol. The van der Waals surface area contributed by atoms with Crippen molar-refractivity contribution in [1.82, 2.24) is 0 Å². The molecule has 0 fully saturated rings. The molecule has 1 rings (SSSR count). The summed E-state index contributed by atoms with van der Waals surface area (Å²) < 4.78 is 43.6. The Morgan fingerprint density at radius 1 is 1.43 bits per heavy atom. The largest absolute Gasteiger partial charge is 0.467 e. The number of hydrogen-bond acceptors (Lipinski definition) is 3. The lowest BCUT2D eigenvalue weighted by molar-refractivity contribution is -0.142. The third kappa shape index (κ3) is 4.81. The zero-order chi connectivity index (χ0) is 16.0. The second-order valence-electron chi connectivity index (χ2n) is 4.52. The summed E-state index contributed by atoms with van der Waals surface area (Å²) in [6.45, 7) is 1.92. The lowest BCUT2D eigenvalue weighted by Crippen LogP contribution is -2.31. The minimum Gasteiger partial charge on any atom is -0.467 e. The molecule has 1 atom stereocenters. The minimum atomic E-state index is -4.56. The van der Waals surface area contributed by atoms with E-state index in [9.17, 15) is 18.0 Å². The predicted octanol–water partition coefficient (Wildman–Crippen LogP) is 4.50. The normalized spacial score (nSPS) is 12.9. The summed E-state index contributed by atoms with van der Waals surface area (Å²) >= 11 is 5.85. The van der Waals surface area contributed by atoms with Gasteiger partial charge in [-0.2, -0.15) is 13.2 Å². The van der Waals surface area contributed by atoms with Crippen molar-refractivity contribution < 1.29 is 22.7 Å². The molecule has 118 valence electrons. The third-order valence-corrected chi connectivity index (χ3v) is 3.28. The number of benzene rings is 1. The first-order valence-corrected chi connectivity index (χ1v) is 6.89. The molecule has 0 spiro atoms. The fraction of sp³-hybridized carbons (Fsp3) is 0.500. The zero-order valence-electron chi connectivity index (χ0n) is 11.8. The van der Waals surface area contributed by atoms with Crippen molar-refractivity contribution in [3.05, 3.63) is 28.8 Å². The monoisotopic (exact) mass is 323 g/mol. The molecule has 1 unspecified atom stereocenters. The van der Waals surface area contributed by atoms with Crippen LogP contribution in [0, 0.1) is 0 Å². The van der Waals surface area contributed by atoms with Crippen molar-refractivity contribution in [2.24, 2.45) is 0 Å². The highest BCUT2D eigenvalue weighted by atomic mass is 35.5. The molecule has 0 aliphatic heterocycles. The maximum absolute atomic E-state index is 13.0. The number of para-hydroxylation sites is 1. The van der Waals surface area contributed by atoms with E-state index < -0.39 is 23.8 Å². The van der Waals surface area contributed by atoms with Crippen LogP contribution in [-0.4, -0.2) is 19.1 Å². The van der Waals surface area contributed by atoms with Crippen LogP contribution in [0.15, 0.2) is 18.2 Å². The summed E-state index contributed by atoms with van der Waals surface area (Å²) in [5, 5.41) is 2.49. The van der Waals surface area contributed by atoms with Gasteiger partial charge in [-0.3, -0.25) is 0 Å². The van der Waals surface area contributed by atoms with Crippen LogP contribution >= 0.6 is 11.6 Å². The van der Waals surface area contributed by atoms with Crippen molar-refractivity contribution in [1.29, 1.82) is 0 Å². The first-order chi connectivity index (χ1) is 9.81. The average molecular weight is 324 g/mol. The molecule has 0 aliphatic carbocycles. The highest BCUT2D eigenvalue weighted by Gasteiger charge is 2.35. The lowest BCUT2D eigenvalue weighted by atomic mass is 10.1. The van der Waals surface area contributed by atoms with Crippen LogP contribution in [0.4, 0.5) is 18.9 Å². The molecule has 21 heavy (non-hydrogen) atoms. The van der Waals surface area contributed by atoms with Gasteiger partial charge in [0.2, 0.25) is 0 Å². The molecule has 0 saturated heterocycles. The van der Waals surface area contributed by atoms with Crippen molar-refractivity contribution in [2.75, 3.05) is 12.4 Å². The summed E-state index contributed by atoms with van der Waals surface area (Å²) in [5.74, 6) is -0.614. The van der Waals surface area contributed by atoms with Gasteiger partial charge in [0.25, 0.3) is 0 Å². The zero-order valence-corrected chi connectivity index (χ0v) is 12.5. The SMILES string of the molecule is CCCCC(Nc1c(Cl)cccc1C(F)(F)F)C(=O)OC. The molecule has 1 aromatic carbocycles. The van der Waals surface area contributed by atoms with Gasteiger partial charge in [0.15, 0.2) is 0 Å². The maximum atomic E-state index is 13.0. The van der Waals surface area contributed by atoms with E-state index in [0.717, 1.165) is 12.5 Å².